The molecule has 9 aromatic rings. The molecule has 0 amide bonds. The maximum absolute atomic E-state index is 16.5. The van der Waals surface area contributed by atoms with Crippen LogP contribution in [0, 0.1) is 11.6 Å². The van der Waals surface area contributed by atoms with E-state index in [2.05, 4.69) is 169 Å². The molecule has 0 aromatic heterocycles. The van der Waals surface area contributed by atoms with Gasteiger partial charge in [-0.15, -0.1) is 0 Å². The van der Waals surface area contributed by atoms with Gasteiger partial charge in [-0.25, -0.2) is 8.78 Å². The second kappa shape index (κ2) is 13.2. The molecule has 284 valence electrons. The first-order valence-corrected chi connectivity index (χ1v) is 21.5. The molecule has 0 bridgehead atoms. The lowest BCUT2D eigenvalue weighted by Gasteiger charge is -2.49. The third kappa shape index (κ3) is 5.04. The van der Waals surface area contributed by atoms with Crippen LogP contribution in [-0.2, 0) is 0 Å². The molecule has 0 radical (unpaired) electrons. The van der Waals surface area contributed by atoms with Gasteiger partial charge in [0.25, 0.3) is 6.71 Å². The second-order valence-electron chi connectivity index (χ2n) is 16.2. The number of anilines is 6. The summed E-state index contributed by atoms with van der Waals surface area (Å²) in [4.78, 5) is 6.61. The van der Waals surface area contributed by atoms with Gasteiger partial charge in [0.2, 0.25) is 6.71 Å². The van der Waals surface area contributed by atoms with Gasteiger partial charge in [0.05, 0.1) is 0 Å². The molecule has 0 saturated heterocycles. The zero-order chi connectivity index (χ0) is 40.3. The zero-order valence-electron chi connectivity index (χ0n) is 32.7. The van der Waals surface area contributed by atoms with Gasteiger partial charge in [-0.2, -0.15) is 0 Å². The number of hydrogen-bond acceptors (Lipinski definition) is 3. The minimum Gasteiger partial charge on any atom is -0.312 e. The fourth-order valence-corrected chi connectivity index (χ4v) is 11.6. The number of hydrogen-bond donors (Lipinski definition) is 0. The molecule has 4 aliphatic rings. The van der Waals surface area contributed by atoms with Crippen molar-refractivity contribution in [3.05, 3.63) is 206 Å². The summed E-state index contributed by atoms with van der Waals surface area (Å²) in [5.74, 6) is -1.21. The molecule has 2 nitrogen and oxygen atoms in total. The van der Waals surface area contributed by atoms with E-state index in [0.717, 1.165) is 77.5 Å². The van der Waals surface area contributed by atoms with Crippen LogP contribution >= 0.6 is 11.8 Å². The summed E-state index contributed by atoms with van der Waals surface area (Å²) in [7, 11) is 0. The van der Waals surface area contributed by atoms with Crippen LogP contribution in [0.15, 0.2) is 204 Å². The first-order chi connectivity index (χ1) is 30.1. The first kappa shape index (κ1) is 34.7. The van der Waals surface area contributed by atoms with E-state index in [1.807, 2.05) is 17.0 Å². The largest absolute Gasteiger partial charge is 0.312 e. The highest BCUT2D eigenvalue weighted by atomic mass is 32.2. The van der Waals surface area contributed by atoms with Crippen LogP contribution in [0.1, 0.15) is 0 Å². The molecular weight excluding hydrogens is 768 g/mol. The summed E-state index contributed by atoms with van der Waals surface area (Å²) in [5.41, 5.74) is 18.4. The van der Waals surface area contributed by atoms with E-state index in [9.17, 15) is 0 Å². The van der Waals surface area contributed by atoms with Gasteiger partial charge in [-0.05, 0) is 103 Å². The molecule has 9 aromatic carbocycles. The summed E-state index contributed by atoms with van der Waals surface area (Å²) in [6.45, 7) is -0.313. The Hall–Kier alpha value is -7.08. The lowest BCUT2D eigenvalue weighted by Crippen LogP contribution is -2.68. The van der Waals surface area contributed by atoms with E-state index in [4.69, 9.17) is 0 Å². The maximum atomic E-state index is 16.5. The maximum Gasteiger partial charge on any atom is 0.252 e. The van der Waals surface area contributed by atoms with E-state index in [1.54, 1.807) is 11.8 Å². The van der Waals surface area contributed by atoms with Crippen molar-refractivity contribution in [1.82, 2.24) is 0 Å². The number of benzene rings is 9. The number of para-hydroxylation sites is 1. The normalized spacial score (nSPS) is 13.5. The average Bonchev–Trinajstić information content (AvgIpc) is 3.32. The van der Waals surface area contributed by atoms with Gasteiger partial charge >= 0.3 is 0 Å². The van der Waals surface area contributed by atoms with Crippen LogP contribution in [0.25, 0.3) is 33.4 Å². The van der Waals surface area contributed by atoms with Gasteiger partial charge in [0.15, 0.2) is 0 Å². The Bertz CT molecular complexity index is 3270. The molecule has 4 heterocycles. The summed E-state index contributed by atoms with van der Waals surface area (Å²) in [6.07, 6.45) is 0. The van der Waals surface area contributed by atoms with Crippen molar-refractivity contribution in [2.45, 2.75) is 9.79 Å². The highest BCUT2D eigenvalue weighted by Gasteiger charge is 2.51. The minimum absolute atomic E-state index is 0.0656. The molecule has 0 unspecified atom stereocenters. The predicted octanol–water partition coefficient (Wildman–Crippen LogP) is 10.3. The molecule has 4 aliphatic heterocycles. The molecule has 0 aliphatic carbocycles. The van der Waals surface area contributed by atoms with E-state index < -0.39 is 11.6 Å². The molecule has 0 fully saturated rings. The van der Waals surface area contributed by atoms with Crippen LogP contribution in [0.5, 0.6) is 0 Å². The van der Waals surface area contributed by atoms with Crippen LogP contribution in [0.2, 0.25) is 0 Å². The molecular formula is C54H32B2F2N2S. The quantitative estimate of drug-likeness (QED) is 0.164. The van der Waals surface area contributed by atoms with E-state index >= 15 is 8.78 Å². The van der Waals surface area contributed by atoms with Crippen molar-refractivity contribution in [3.63, 3.8) is 0 Å². The highest BCUT2D eigenvalue weighted by molar-refractivity contribution is 8.00. The van der Waals surface area contributed by atoms with Crippen molar-refractivity contribution in [2.24, 2.45) is 0 Å². The Morgan fingerprint density at radius 3 is 1.28 bits per heavy atom. The molecule has 0 spiro atoms. The number of fused-ring (bicyclic) bond motifs is 10. The fourth-order valence-electron chi connectivity index (χ4n) is 10.5. The molecule has 61 heavy (non-hydrogen) atoms. The average molecular weight is 801 g/mol. The Kier molecular flexibility index (Phi) is 7.53. The Labute approximate surface area is 357 Å². The Morgan fingerprint density at radius 2 is 0.770 bits per heavy atom. The molecule has 7 heteroatoms. The Balaban J connectivity index is 1.18. The van der Waals surface area contributed by atoms with E-state index in [-0.39, 0.29) is 19.1 Å². The van der Waals surface area contributed by atoms with Gasteiger partial charge in [0, 0.05) is 38.2 Å². The summed E-state index contributed by atoms with van der Waals surface area (Å²) < 4.78 is 33.0. The van der Waals surface area contributed by atoms with Crippen LogP contribution in [0.4, 0.5) is 42.9 Å². The predicted molar refractivity (Wildman–Crippen MR) is 252 cm³/mol. The van der Waals surface area contributed by atoms with Crippen molar-refractivity contribution in [1.29, 1.82) is 0 Å². The van der Waals surface area contributed by atoms with Gasteiger partial charge in [-0.1, -0.05) is 169 Å². The zero-order valence-corrected chi connectivity index (χ0v) is 33.5. The van der Waals surface area contributed by atoms with Gasteiger partial charge < -0.3 is 9.80 Å². The number of nitrogens with zero attached hydrogens (tertiary/aromatic N) is 2. The first-order valence-electron chi connectivity index (χ1n) is 20.7. The fraction of sp³-hybridized carbons (Fsp3) is 0. The third-order valence-electron chi connectivity index (χ3n) is 13.0. The molecule has 0 saturated carbocycles. The van der Waals surface area contributed by atoms with E-state index in [1.165, 1.54) is 45.0 Å². The summed E-state index contributed by atoms with van der Waals surface area (Å²) in [6, 6.07) is 66.9. The second-order valence-corrected chi connectivity index (χ2v) is 17.3. The van der Waals surface area contributed by atoms with E-state index in [0.29, 0.717) is 0 Å². The van der Waals surface area contributed by atoms with Crippen LogP contribution in [-0.4, -0.2) is 13.4 Å². The SMILES string of the molecule is Fc1cccc(F)c1N1c2ccc(-c3ccccc3)cc2B2c3cc(-c4ccccc4)ccc3N3c4ccc(-c5ccccc5)cc4B4c5ccccc5Sc5cc1c2c3c54. The van der Waals surface area contributed by atoms with Crippen LogP contribution < -0.4 is 42.6 Å². The smallest absolute Gasteiger partial charge is 0.252 e. The lowest BCUT2D eigenvalue weighted by atomic mass is 9.29. The minimum atomic E-state index is -0.607. The lowest BCUT2D eigenvalue weighted by molar-refractivity contribution is 0.586. The van der Waals surface area contributed by atoms with Crippen molar-refractivity contribution in [2.75, 3.05) is 9.80 Å². The van der Waals surface area contributed by atoms with Crippen LogP contribution in [0.3, 0.4) is 0 Å². The summed E-state index contributed by atoms with van der Waals surface area (Å²) >= 11 is 1.75. The number of rotatable bonds is 4. The van der Waals surface area contributed by atoms with Crippen molar-refractivity contribution in [3.8, 4) is 33.4 Å². The monoisotopic (exact) mass is 800 g/mol. The number of halogens is 2. The molecule has 0 atom stereocenters. The standard InChI is InChI=1S/C54H32B2F2N2S/c57-43-20-12-21-44(58)53(43)60-47-28-25-38(35-17-8-3-9-18-35)31-42(47)56-41-30-37(34-15-6-2-7-16-34)24-27-46(41)59-45-26-23-36(33-13-4-1-5-14-33)29-40(45)55-39-19-10-11-22-49(39)61-50-32-48(60)51(56)54(59)52(50)55/h1-32H. The molecule has 13 rings (SSSR count). The highest BCUT2D eigenvalue weighted by Crippen LogP contribution is 2.50. The van der Waals surface area contributed by atoms with Crippen molar-refractivity contribution >= 4 is 92.1 Å². The van der Waals surface area contributed by atoms with Crippen molar-refractivity contribution < 1.29 is 8.78 Å². The third-order valence-corrected chi connectivity index (χ3v) is 14.2. The van der Waals surface area contributed by atoms with Gasteiger partial charge in [0.1, 0.15) is 17.3 Å². The molecule has 0 N–H and O–H groups in total. The van der Waals surface area contributed by atoms with Gasteiger partial charge in [-0.3, -0.25) is 0 Å². The Morgan fingerprint density at radius 1 is 0.328 bits per heavy atom. The summed E-state index contributed by atoms with van der Waals surface area (Å²) in [5, 5.41) is 0. The topological polar surface area (TPSA) is 6.48 Å².